The third-order valence-corrected chi connectivity index (χ3v) is 3.07. The van der Waals surface area contributed by atoms with Gasteiger partial charge in [-0.1, -0.05) is 33.2 Å². The van der Waals surface area contributed by atoms with Gasteiger partial charge in [0.2, 0.25) is 0 Å². The highest BCUT2D eigenvalue weighted by atomic mass is 79.9. The molecule has 0 aliphatic carbocycles. The van der Waals surface area contributed by atoms with Crippen LogP contribution >= 0.6 is 15.9 Å². The summed E-state index contributed by atoms with van der Waals surface area (Å²) in [5, 5.41) is 6.01. The van der Waals surface area contributed by atoms with Crippen LogP contribution in [-0.2, 0) is 9.63 Å². The van der Waals surface area contributed by atoms with Crippen LogP contribution in [0, 0.1) is 11.6 Å². The number of carbonyl (C=O) groups is 1. The first-order valence-electron chi connectivity index (χ1n) is 6.20. The third-order valence-electron chi connectivity index (χ3n) is 2.55. The maximum atomic E-state index is 13.0. The standard InChI is InChI=1S/C15H11BrF2N2O2/c16-11-3-1-10(2-4-11)8-19-22-9-15(21)20-12-5-6-13(17)14(18)7-12/h1-8H,9H2,(H,20,21)/b19-8-. The summed E-state index contributed by atoms with van der Waals surface area (Å²) in [6, 6.07) is 10.4. The number of hydrogen-bond acceptors (Lipinski definition) is 3. The van der Waals surface area contributed by atoms with Gasteiger partial charge < -0.3 is 10.2 Å². The molecule has 0 aliphatic rings. The van der Waals surface area contributed by atoms with Gasteiger partial charge in [-0.3, -0.25) is 4.79 Å². The number of carbonyl (C=O) groups excluding carboxylic acids is 1. The second-order valence-electron chi connectivity index (χ2n) is 4.24. The summed E-state index contributed by atoms with van der Waals surface area (Å²) in [7, 11) is 0. The highest BCUT2D eigenvalue weighted by molar-refractivity contribution is 9.10. The van der Waals surface area contributed by atoms with Gasteiger partial charge in [-0.2, -0.15) is 0 Å². The van der Waals surface area contributed by atoms with Crippen LogP contribution in [-0.4, -0.2) is 18.7 Å². The van der Waals surface area contributed by atoms with E-state index in [4.69, 9.17) is 4.84 Å². The van der Waals surface area contributed by atoms with Gasteiger partial charge in [0.15, 0.2) is 18.2 Å². The van der Waals surface area contributed by atoms with Gasteiger partial charge in [-0.15, -0.1) is 0 Å². The lowest BCUT2D eigenvalue weighted by molar-refractivity contribution is -0.120. The molecule has 0 aromatic heterocycles. The number of nitrogens with one attached hydrogen (secondary N) is 1. The number of benzene rings is 2. The molecule has 1 N–H and O–H groups in total. The largest absolute Gasteiger partial charge is 0.386 e. The van der Waals surface area contributed by atoms with Crippen LogP contribution in [0.25, 0.3) is 0 Å². The van der Waals surface area contributed by atoms with Crippen LogP contribution < -0.4 is 5.32 Å². The van der Waals surface area contributed by atoms with Crippen molar-refractivity contribution in [3.05, 3.63) is 64.1 Å². The molecule has 2 aromatic carbocycles. The summed E-state index contributed by atoms with van der Waals surface area (Å²) in [5.41, 5.74) is 0.952. The predicted octanol–water partition coefficient (Wildman–Crippen LogP) is 3.72. The lowest BCUT2D eigenvalue weighted by Gasteiger charge is -2.04. The molecule has 0 saturated carbocycles. The number of halogens is 3. The summed E-state index contributed by atoms with van der Waals surface area (Å²) in [6.07, 6.45) is 1.46. The SMILES string of the molecule is O=C(CO/N=C\c1ccc(Br)cc1)Nc1ccc(F)c(F)c1. The molecule has 0 heterocycles. The van der Waals surface area contributed by atoms with Crippen LogP contribution in [0.15, 0.2) is 52.1 Å². The van der Waals surface area contributed by atoms with Crippen molar-refractivity contribution in [2.75, 3.05) is 11.9 Å². The molecule has 2 rings (SSSR count). The Bertz CT molecular complexity index is 690. The number of amides is 1. The van der Waals surface area contributed by atoms with E-state index >= 15 is 0 Å². The Morgan fingerprint density at radius 2 is 1.91 bits per heavy atom. The Hall–Kier alpha value is -2.28. The topological polar surface area (TPSA) is 50.7 Å². The molecule has 0 unspecified atom stereocenters. The summed E-state index contributed by atoms with van der Waals surface area (Å²) < 4.78 is 26.6. The fourth-order valence-electron chi connectivity index (χ4n) is 1.51. The highest BCUT2D eigenvalue weighted by Gasteiger charge is 2.06. The minimum absolute atomic E-state index is 0.143. The molecule has 22 heavy (non-hydrogen) atoms. The number of rotatable bonds is 5. The van der Waals surface area contributed by atoms with Gasteiger partial charge >= 0.3 is 0 Å². The molecule has 0 atom stereocenters. The summed E-state index contributed by atoms with van der Waals surface area (Å²) in [4.78, 5) is 16.4. The maximum absolute atomic E-state index is 13.0. The molecule has 0 aliphatic heterocycles. The van der Waals surface area contributed by atoms with Crippen molar-refractivity contribution in [2.24, 2.45) is 5.16 Å². The number of hydrogen-bond donors (Lipinski definition) is 1. The molecular weight excluding hydrogens is 358 g/mol. The third kappa shape index (κ3) is 4.92. The number of nitrogens with zero attached hydrogens (tertiary/aromatic N) is 1. The molecule has 114 valence electrons. The minimum Gasteiger partial charge on any atom is -0.386 e. The lowest BCUT2D eigenvalue weighted by atomic mass is 10.2. The molecule has 0 spiro atoms. The Kier molecular flexibility index (Phi) is 5.60. The van der Waals surface area contributed by atoms with E-state index in [9.17, 15) is 13.6 Å². The van der Waals surface area contributed by atoms with E-state index in [1.807, 2.05) is 24.3 Å². The summed E-state index contributed by atoms with van der Waals surface area (Å²) in [5.74, 6) is -2.54. The van der Waals surface area contributed by atoms with E-state index in [-0.39, 0.29) is 12.3 Å². The molecule has 2 aromatic rings. The van der Waals surface area contributed by atoms with Gasteiger partial charge in [-0.25, -0.2) is 8.78 Å². The van der Waals surface area contributed by atoms with Crippen molar-refractivity contribution in [2.45, 2.75) is 0 Å². The fraction of sp³-hybridized carbons (Fsp3) is 0.0667. The van der Waals surface area contributed by atoms with E-state index in [1.54, 1.807) is 0 Å². The lowest BCUT2D eigenvalue weighted by Crippen LogP contribution is -2.17. The van der Waals surface area contributed by atoms with E-state index in [0.717, 1.165) is 22.2 Å². The van der Waals surface area contributed by atoms with Crippen LogP contribution in [0.3, 0.4) is 0 Å². The van der Waals surface area contributed by atoms with Gasteiger partial charge in [-0.05, 0) is 29.8 Å². The van der Waals surface area contributed by atoms with E-state index in [1.165, 1.54) is 12.3 Å². The number of anilines is 1. The molecule has 0 saturated heterocycles. The van der Waals surface area contributed by atoms with Crippen molar-refractivity contribution in [1.82, 2.24) is 0 Å². The van der Waals surface area contributed by atoms with Crippen molar-refractivity contribution < 1.29 is 18.4 Å². The first-order valence-corrected chi connectivity index (χ1v) is 7.00. The average molecular weight is 369 g/mol. The molecule has 7 heteroatoms. The first-order chi connectivity index (χ1) is 10.5. The van der Waals surface area contributed by atoms with E-state index in [2.05, 4.69) is 26.4 Å². The zero-order valence-electron chi connectivity index (χ0n) is 11.2. The van der Waals surface area contributed by atoms with Crippen LogP contribution in [0.4, 0.5) is 14.5 Å². The zero-order chi connectivity index (χ0) is 15.9. The van der Waals surface area contributed by atoms with Crippen molar-refractivity contribution in [1.29, 1.82) is 0 Å². The molecule has 4 nitrogen and oxygen atoms in total. The van der Waals surface area contributed by atoms with Crippen molar-refractivity contribution in [3.63, 3.8) is 0 Å². The Labute approximate surface area is 133 Å². The van der Waals surface area contributed by atoms with E-state index < -0.39 is 17.5 Å². The molecular formula is C15H11BrF2N2O2. The van der Waals surface area contributed by atoms with Crippen LogP contribution in [0.2, 0.25) is 0 Å². The normalized spacial score (nSPS) is 10.7. The van der Waals surface area contributed by atoms with Gasteiger partial charge in [0.25, 0.3) is 5.91 Å². The van der Waals surface area contributed by atoms with Crippen molar-refractivity contribution >= 4 is 33.7 Å². The molecule has 0 radical (unpaired) electrons. The van der Waals surface area contributed by atoms with Gasteiger partial charge in [0.05, 0.1) is 6.21 Å². The quantitative estimate of drug-likeness (QED) is 0.645. The highest BCUT2D eigenvalue weighted by Crippen LogP contribution is 2.13. The Balaban J connectivity index is 1.80. The number of oxime groups is 1. The zero-order valence-corrected chi connectivity index (χ0v) is 12.8. The second kappa shape index (κ2) is 7.65. The molecule has 0 bridgehead atoms. The summed E-state index contributed by atoms with van der Waals surface area (Å²) >= 11 is 3.31. The predicted molar refractivity (Wildman–Crippen MR) is 82.7 cm³/mol. The van der Waals surface area contributed by atoms with Crippen LogP contribution in [0.1, 0.15) is 5.56 Å². The molecule has 0 fully saturated rings. The average Bonchev–Trinajstić information content (AvgIpc) is 2.49. The first kappa shape index (κ1) is 16.1. The second-order valence-corrected chi connectivity index (χ2v) is 5.15. The fourth-order valence-corrected chi connectivity index (χ4v) is 1.78. The van der Waals surface area contributed by atoms with E-state index in [0.29, 0.717) is 0 Å². The van der Waals surface area contributed by atoms with Crippen molar-refractivity contribution in [3.8, 4) is 0 Å². The van der Waals surface area contributed by atoms with Gasteiger partial charge in [0.1, 0.15) is 0 Å². The smallest absolute Gasteiger partial charge is 0.265 e. The monoisotopic (exact) mass is 368 g/mol. The van der Waals surface area contributed by atoms with Gasteiger partial charge in [0, 0.05) is 16.2 Å². The Morgan fingerprint density at radius 1 is 1.18 bits per heavy atom. The summed E-state index contributed by atoms with van der Waals surface area (Å²) in [6.45, 7) is -0.341. The maximum Gasteiger partial charge on any atom is 0.265 e. The van der Waals surface area contributed by atoms with Crippen LogP contribution in [0.5, 0.6) is 0 Å². The Morgan fingerprint density at radius 3 is 2.59 bits per heavy atom. The molecule has 1 amide bonds. The minimum atomic E-state index is -1.04.